The van der Waals surface area contributed by atoms with Crippen LogP contribution in [0.5, 0.6) is 5.75 Å². The Hall–Kier alpha value is -3.23. The predicted octanol–water partition coefficient (Wildman–Crippen LogP) is 5.05. The zero-order valence-electron chi connectivity index (χ0n) is 24.6. The van der Waals surface area contributed by atoms with E-state index in [1.807, 2.05) is 77.6 Å². The highest BCUT2D eigenvalue weighted by atomic mass is 16.6. The van der Waals surface area contributed by atoms with Crippen LogP contribution in [0.15, 0.2) is 29.8 Å². The standard InChI is InChI=1S/C30H43N3O6/c1-19-20(10-9-11-25(19)37-8)16-32(21-12-13-21)26(34)23-15-14-22-17-31(27(35)38-29(2,3)4)18-24(23)33(22)28(36)39-30(5,6)7/h9-11,15,21-22,24H,12-14,16-18H2,1-8H3. The fourth-order valence-corrected chi connectivity index (χ4v) is 5.25. The van der Waals surface area contributed by atoms with Gasteiger partial charge in [-0.2, -0.15) is 0 Å². The fourth-order valence-electron chi connectivity index (χ4n) is 5.25. The molecule has 1 aromatic carbocycles. The molecule has 39 heavy (non-hydrogen) atoms. The summed E-state index contributed by atoms with van der Waals surface area (Å²) in [6.07, 6.45) is 3.37. The van der Waals surface area contributed by atoms with Gasteiger partial charge in [-0.15, -0.1) is 0 Å². The van der Waals surface area contributed by atoms with Gasteiger partial charge in [0.2, 0.25) is 0 Å². The van der Waals surface area contributed by atoms with E-state index in [-0.39, 0.29) is 24.5 Å². The average molecular weight is 542 g/mol. The first kappa shape index (κ1) is 28.8. The molecule has 0 spiro atoms. The van der Waals surface area contributed by atoms with Gasteiger partial charge in [0, 0.05) is 31.2 Å². The number of nitrogens with zero attached hydrogens (tertiary/aromatic N) is 3. The molecule has 0 radical (unpaired) electrons. The van der Waals surface area contributed by atoms with Crippen molar-refractivity contribution in [3.8, 4) is 5.75 Å². The Morgan fingerprint density at radius 1 is 0.974 bits per heavy atom. The molecule has 0 aromatic heterocycles. The number of benzene rings is 1. The Bertz CT molecular complexity index is 1140. The van der Waals surface area contributed by atoms with Crippen LogP contribution in [0.1, 0.15) is 71.9 Å². The van der Waals surface area contributed by atoms with Gasteiger partial charge in [0.25, 0.3) is 5.91 Å². The Labute approximate surface area is 232 Å². The van der Waals surface area contributed by atoms with Crippen LogP contribution in [0.25, 0.3) is 0 Å². The Balaban J connectivity index is 1.64. The molecule has 2 heterocycles. The van der Waals surface area contributed by atoms with Gasteiger partial charge in [0.05, 0.1) is 19.2 Å². The van der Waals surface area contributed by atoms with Crippen molar-refractivity contribution in [3.05, 3.63) is 41.0 Å². The normalized spacial score (nSPS) is 21.2. The van der Waals surface area contributed by atoms with Gasteiger partial charge >= 0.3 is 12.2 Å². The number of methoxy groups -OCH3 is 1. The molecule has 4 rings (SSSR count). The van der Waals surface area contributed by atoms with E-state index < -0.39 is 29.4 Å². The molecule has 2 atom stereocenters. The molecule has 3 amide bonds. The maximum Gasteiger partial charge on any atom is 0.411 e. The second kappa shape index (κ2) is 10.7. The van der Waals surface area contributed by atoms with Crippen molar-refractivity contribution < 1.29 is 28.6 Å². The van der Waals surface area contributed by atoms with E-state index in [2.05, 4.69) is 0 Å². The van der Waals surface area contributed by atoms with Crippen LogP contribution >= 0.6 is 0 Å². The Kier molecular flexibility index (Phi) is 7.92. The lowest BCUT2D eigenvalue weighted by atomic mass is 9.90. The van der Waals surface area contributed by atoms with E-state index in [1.54, 1.807) is 16.9 Å². The summed E-state index contributed by atoms with van der Waals surface area (Å²) in [6.45, 7) is 13.9. The molecule has 2 unspecified atom stereocenters. The van der Waals surface area contributed by atoms with Gasteiger partial charge in [-0.25, -0.2) is 9.59 Å². The molecule has 1 aliphatic carbocycles. The summed E-state index contributed by atoms with van der Waals surface area (Å²) in [5.74, 6) is 0.676. The summed E-state index contributed by atoms with van der Waals surface area (Å²) in [7, 11) is 1.64. The highest BCUT2D eigenvalue weighted by Crippen LogP contribution is 2.36. The van der Waals surface area contributed by atoms with E-state index in [1.165, 1.54) is 0 Å². The van der Waals surface area contributed by atoms with Crippen LogP contribution < -0.4 is 4.74 Å². The number of hydrogen-bond acceptors (Lipinski definition) is 6. The molecule has 3 aliphatic rings. The third-order valence-electron chi connectivity index (χ3n) is 7.23. The lowest BCUT2D eigenvalue weighted by Crippen LogP contribution is -2.65. The second-order valence-electron chi connectivity index (χ2n) is 12.7. The maximum atomic E-state index is 14.2. The van der Waals surface area contributed by atoms with E-state index in [0.717, 1.165) is 29.7 Å². The number of amides is 3. The number of carbonyl (C=O) groups excluding carboxylic acids is 3. The SMILES string of the molecule is COc1cccc(CN(C(=O)C2=CCC3CN(C(=O)OC(C)(C)C)CC2N3C(=O)OC(C)(C)C)C2CC2)c1C. The van der Waals surface area contributed by atoms with Crippen LogP contribution in [-0.2, 0) is 20.8 Å². The topological polar surface area (TPSA) is 88.6 Å². The van der Waals surface area contributed by atoms with E-state index >= 15 is 0 Å². The van der Waals surface area contributed by atoms with Crippen molar-refractivity contribution in [2.45, 2.75) is 104 Å². The van der Waals surface area contributed by atoms with Gasteiger partial charge in [-0.1, -0.05) is 18.2 Å². The van der Waals surface area contributed by atoms with Gasteiger partial charge in [-0.3, -0.25) is 9.69 Å². The predicted molar refractivity (Wildman–Crippen MR) is 147 cm³/mol. The van der Waals surface area contributed by atoms with E-state index in [9.17, 15) is 14.4 Å². The average Bonchev–Trinajstić information content (AvgIpc) is 3.65. The van der Waals surface area contributed by atoms with Crippen LogP contribution in [-0.4, -0.2) is 82.3 Å². The Morgan fingerprint density at radius 2 is 1.62 bits per heavy atom. The highest BCUT2D eigenvalue weighted by molar-refractivity contribution is 5.96. The van der Waals surface area contributed by atoms with Crippen molar-refractivity contribution in [2.75, 3.05) is 20.2 Å². The number of hydrogen-bond donors (Lipinski definition) is 0. The number of carbonyl (C=O) groups is 3. The maximum absolute atomic E-state index is 14.2. The summed E-state index contributed by atoms with van der Waals surface area (Å²) in [5.41, 5.74) is 1.20. The molecular weight excluding hydrogens is 498 g/mol. The highest BCUT2D eigenvalue weighted by Gasteiger charge is 2.48. The second-order valence-corrected chi connectivity index (χ2v) is 12.7. The zero-order chi connectivity index (χ0) is 28.7. The minimum Gasteiger partial charge on any atom is -0.496 e. The van der Waals surface area contributed by atoms with E-state index in [4.69, 9.17) is 14.2 Å². The first-order chi connectivity index (χ1) is 18.2. The largest absolute Gasteiger partial charge is 0.496 e. The molecule has 2 bridgehead atoms. The van der Waals surface area contributed by atoms with Crippen molar-refractivity contribution in [1.82, 2.24) is 14.7 Å². The van der Waals surface area contributed by atoms with Crippen molar-refractivity contribution >= 4 is 18.1 Å². The minimum absolute atomic E-state index is 0.109. The summed E-state index contributed by atoms with van der Waals surface area (Å²) in [4.78, 5) is 45.9. The van der Waals surface area contributed by atoms with Crippen LogP contribution in [0.4, 0.5) is 9.59 Å². The van der Waals surface area contributed by atoms with Gasteiger partial charge in [0.15, 0.2) is 0 Å². The van der Waals surface area contributed by atoms with Crippen LogP contribution in [0.2, 0.25) is 0 Å². The molecule has 2 fully saturated rings. The zero-order valence-corrected chi connectivity index (χ0v) is 24.6. The van der Waals surface area contributed by atoms with Crippen molar-refractivity contribution in [1.29, 1.82) is 0 Å². The summed E-state index contributed by atoms with van der Waals surface area (Å²) < 4.78 is 16.9. The molecule has 1 saturated heterocycles. The molecule has 2 aliphatic heterocycles. The van der Waals surface area contributed by atoms with Crippen molar-refractivity contribution in [2.24, 2.45) is 0 Å². The third kappa shape index (κ3) is 6.68. The monoisotopic (exact) mass is 541 g/mol. The van der Waals surface area contributed by atoms with Gasteiger partial charge in [-0.05, 0) is 84.9 Å². The summed E-state index contributed by atoms with van der Waals surface area (Å²) in [5, 5.41) is 0. The molecule has 9 nitrogen and oxygen atoms in total. The molecule has 1 saturated carbocycles. The lowest BCUT2D eigenvalue weighted by Gasteiger charge is -2.49. The summed E-state index contributed by atoms with van der Waals surface area (Å²) >= 11 is 0. The van der Waals surface area contributed by atoms with E-state index in [0.29, 0.717) is 25.1 Å². The Morgan fingerprint density at radius 3 is 2.21 bits per heavy atom. The van der Waals surface area contributed by atoms with Crippen molar-refractivity contribution in [3.63, 3.8) is 0 Å². The van der Waals surface area contributed by atoms with Crippen LogP contribution in [0.3, 0.4) is 0 Å². The number of piperazine rings is 1. The molecule has 0 N–H and O–H groups in total. The first-order valence-electron chi connectivity index (χ1n) is 13.8. The van der Waals surface area contributed by atoms with Gasteiger partial charge in [0.1, 0.15) is 17.0 Å². The number of fused-ring (bicyclic) bond motifs is 2. The molecule has 9 heteroatoms. The molecule has 1 aromatic rings. The van der Waals surface area contributed by atoms with Gasteiger partial charge < -0.3 is 24.0 Å². The smallest absolute Gasteiger partial charge is 0.411 e. The number of ether oxygens (including phenoxy) is 3. The number of rotatable bonds is 5. The summed E-state index contributed by atoms with van der Waals surface area (Å²) in [6, 6.07) is 5.08. The quantitative estimate of drug-likeness (QED) is 0.518. The van der Waals surface area contributed by atoms with Crippen LogP contribution in [0, 0.1) is 6.92 Å². The minimum atomic E-state index is -0.689. The first-order valence-corrected chi connectivity index (χ1v) is 13.8. The fraction of sp³-hybridized carbons (Fsp3) is 0.633. The molecule has 214 valence electrons. The lowest BCUT2D eigenvalue weighted by molar-refractivity contribution is -0.129. The third-order valence-corrected chi connectivity index (χ3v) is 7.23. The molecular formula is C30H43N3O6.